The molecular formula is C17H17IN4O2. The fourth-order valence-electron chi connectivity index (χ4n) is 2.15. The van der Waals surface area contributed by atoms with Gasteiger partial charge in [-0.3, -0.25) is 5.43 Å². The molecule has 0 bridgehead atoms. The highest BCUT2D eigenvalue weighted by molar-refractivity contribution is 14.1. The summed E-state index contributed by atoms with van der Waals surface area (Å²) in [4.78, 5) is 4.34. The number of hydrogen-bond acceptors (Lipinski definition) is 6. The molecule has 24 heavy (non-hydrogen) atoms. The minimum atomic E-state index is 0.349. The van der Waals surface area contributed by atoms with Crippen LogP contribution in [0.25, 0.3) is 0 Å². The van der Waals surface area contributed by atoms with E-state index in [-0.39, 0.29) is 0 Å². The largest absolute Gasteiger partial charge is 0.496 e. The lowest BCUT2D eigenvalue weighted by atomic mass is 10.1. The first-order valence-electron chi connectivity index (χ1n) is 7.11. The third-order valence-corrected chi connectivity index (χ3v) is 4.04. The second kappa shape index (κ2) is 8.61. The van der Waals surface area contributed by atoms with E-state index < -0.39 is 0 Å². The molecule has 6 nitrogen and oxygen atoms in total. The summed E-state index contributed by atoms with van der Waals surface area (Å²) in [6, 6.07) is 9.72. The van der Waals surface area contributed by atoms with Gasteiger partial charge in [0.2, 0.25) is 0 Å². The minimum absolute atomic E-state index is 0.349. The molecule has 1 aromatic heterocycles. The number of hydrogen-bond donors (Lipinski definition) is 1. The van der Waals surface area contributed by atoms with E-state index in [4.69, 9.17) is 9.47 Å². The number of benzene rings is 1. The number of nitrogens with one attached hydrogen (secondary N) is 1. The topological polar surface area (TPSA) is 79.5 Å². The molecule has 0 aliphatic rings. The maximum atomic E-state index is 9.37. The van der Waals surface area contributed by atoms with E-state index in [1.54, 1.807) is 20.4 Å². The molecule has 0 atom stereocenters. The zero-order chi connectivity index (χ0) is 17.5. The number of methoxy groups -OCH3 is 2. The van der Waals surface area contributed by atoms with Gasteiger partial charge in [-0.2, -0.15) is 10.4 Å². The Morgan fingerprint density at radius 2 is 2.17 bits per heavy atom. The van der Waals surface area contributed by atoms with E-state index >= 15 is 0 Å². The van der Waals surface area contributed by atoms with E-state index in [9.17, 15) is 5.26 Å². The van der Waals surface area contributed by atoms with Gasteiger partial charge in [0.15, 0.2) is 5.82 Å². The number of nitriles is 1. The summed E-state index contributed by atoms with van der Waals surface area (Å²) in [6.07, 6.45) is 1.67. The van der Waals surface area contributed by atoms with Gasteiger partial charge in [-0.25, -0.2) is 4.98 Å². The average Bonchev–Trinajstić information content (AvgIpc) is 2.55. The molecule has 7 heteroatoms. The molecule has 0 unspecified atom stereocenters. The number of ether oxygens (including phenoxy) is 2. The smallest absolute Gasteiger partial charge is 0.164 e. The predicted octanol–water partition coefficient (Wildman–Crippen LogP) is 3.47. The van der Waals surface area contributed by atoms with Crippen molar-refractivity contribution in [1.29, 1.82) is 5.26 Å². The summed E-state index contributed by atoms with van der Waals surface area (Å²) >= 11 is 2.20. The van der Waals surface area contributed by atoms with Crippen LogP contribution in [-0.2, 0) is 11.3 Å². The maximum absolute atomic E-state index is 9.37. The Hall–Kier alpha value is -2.18. The molecule has 2 aromatic rings. The molecule has 1 N–H and O–H groups in total. The van der Waals surface area contributed by atoms with Crippen LogP contribution in [-0.4, -0.2) is 25.4 Å². The van der Waals surface area contributed by atoms with Crippen molar-refractivity contribution >= 4 is 34.6 Å². The first-order valence-corrected chi connectivity index (χ1v) is 8.19. The lowest BCUT2D eigenvalue weighted by Crippen LogP contribution is -2.03. The number of pyridine rings is 1. The van der Waals surface area contributed by atoms with Crippen LogP contribution >= 0.6 is 22.6 Å². The Kier molecular flexibility index (Phi) is 6.52. The quantitative estimate of drug-likeness (QED) is 0.426. The predicted molar refractivity (Wildman–Crippen MR) is 101 cm³/mol. The second-order valence-electron chi connectivity index (χ2n) is 4.96. The Bertz CT molecular complexity index is 800. The molecule has 0 spiro atoms. The SMILES string of the molecule is COCc1cc(C)nc(NN=Cc2ccc(OC)c(I)c2)c1C#N. The molecule has 2 rings (SSSR count). The van der Waals surface area contributed by atoms with Gasteiger partial charge in [-0.1, -0.05) is 0 Å². The number of halogens is 1. The Morgan fingerprint density at radius 1 is 1.38 bits per heavy atom. The number of nitrogens with zero attached hydrogens (tertiary/aromatic N) is 3. The molecule has 0 aliphatic heterocycles. The van der Waals surface area contributed by atoms with Crippen molar-refractivity contribution in [3.05, 3.63) is 50.2 Å². The van der Waals surface area contributed by atoms with Gasteiger partial charge >= 0.3 is 0 Å². The maximum Gasteiger partial charge on any atom is 0.164 e. The van der Waals surface area contributed by atoms with E-state index in [0.29, 0.717) is 18.0 Å². The molecule has 0 radical (unpaired) electrons. The van der Waals surface area contributed by atoms with Gasteiger partial charge in [0, 0.05) is 18.4 Å². The van der Waals surface area contributed by atoms with Crippen molar-refractivity contribution in [3.8, 4) is 11.8 Å². The summed E-state index contributed by atoms with van der Waals surface area (Å²) in [5.41, 5.74) is 5.77. The molecule has 0 saturated heterocycles. The van der Waals surface area contributed by atoms with Crippen molar-refractivity contribution in [1.82, 2.24) is 4.98 Å². The summed E-state index contributed by atoms with van der Waals surface area (Å²) in [5.74, 6) is 1.24. The third kappa shape index (κ3) is 4.43. The monoisotopic (exact) mass is 436 g/mol. The fraction of sp³-hybridized carbons (Fsp3) is 0.235. The number of anilines is 1. The molecule has 1 heterocycles. The third-order valence-electron chi connectivity index (χ3n) is 3.20. The van der Waals surface area contributed by atoms with Gasteiger partial charge in [-0.15, -0.1) is 0 Å². The summed E-state index contributed by atoms with van der Waals surface area (Å²) in [7, 11) is 3.23. The van der Waals surface area contributed by atoms with Gasteiger partial charge in [-0.05, 0) is 59.3 Å². The lowest BCUT2D eigenvalue weighted by molar-refractivity contribution is 0.184. The van der Waals surface area contributed by atoms with Gasteiger partial charge in [0.05, 0.1) is 23.5 Å². The highest BCUT2D eigenvalue weighted by Crippen LogP contribution is 2.21. The highest BCUT2D eigenvalue weighted by atomic mass is 127. The van der Waals surface area contributed by atoms with E-state index in [0.717, 1.165) is 26.1 Å². The highest BCUT2D eigenvalue weighted by Gasteiger charge is 2.10. The number of aromatic nitrogens is 1. The van der Waals surface area contributed by atoms with Gasteiger partial charge in [0.1, 0.15) is 17.4 Å². The molecule has 0 fully saturated rings. The Morgan fingerprint density at radius 3 is 2.79 bits per heavy atom. The zero-order valence-corrected chi connectivity index (χ0v) is 15.8. The molecule has 0 saturated carbocycles. The summed E-state index contributed by atoms with van der Waals surface area (Å²) < 4.78 is 11.4. The molecule has 1 aromatic carbocycles. The van der Waals surface area contributed by atoms with E-state index in [2.05, 4.69) is 44.2 Å². The number of hydrazone groups is 1. The van der Waals surface area contributed by atoms with Crippen LogP contribution in [0.15, 0.2) is 29.4 Å². The standard InChI is InChI=1S/C17H17IN4O2/c1-11-6-13(10-23-2)14(8-19)17(21-11)22-20-9-12-4-5-16(24-3)15(18)7-12/h4-7,9H,10H2,1-3H3,(H,21,22). The molecular weight excluding hydrogens is 419 g/mol. The molecule has 124 valence electrons. The summed E-state index contributed by atoms with van der Waals surface area (Å²) in [5, 5.41) is 13.6. The van der Waals surface area contributed by atoms with Crippen molar-refractivity contribution in [2.24, 2.45) is 5.10 Å². The second-order valence-corrected chi connectivity index (χ2v) is 6.12. The molecule has 0 amide bonds. The van der Waals surface area contributed by atoms with Gasteiger partial charge < -0.3 is 9.47 Å². The Labute approximate surface area is 154 Å². The van der Waals surface area contributed by atoms with Crippen LogP contribution in [0, 0.1) is 21.8 Å². The normalized spacial score (nSPS) is 10.6. The first kappa shape index (κ1) is 18.2. The minimum Gasteiger partial charge on any atom is -0.496 e. The van der Waals surface area contributed by atoms with Crippen LogP contribution in [0.1, 0.15) is 22.4 Å². The van der Waals surface area contributed by atoms with Crippen LogP contribution in [0.2, 0.25) is 0 Å². The average molecular weight is 436 g/mol. The van der Waals surface area contributed by atoms with Crippen LogP contribution in [0.4, 0.5) is 5.82 Å². The summed E-state index contributed by atoms with van der Waals surface area (Å²) in [6.45, 7) is 2.21. The van der Waals surface area contributed by atoms with Crippen molar-refractivity contribution in [3.63, 3.8) is 0 Å². The van der Waals surface area contributed by atoms with Crippen LogP contribution in [0.5, 0.6) is 5.75 Å². The van der Waals surface area contributed by atoms with E-state index in [1.165, 1.54) is 0 Å². The fourth-order valence-corrected chi connectivity index (χ4v) is 2.91. The van der Waals surface area contributed by atoms with Crippen LogP contribution in [0.3, 0.4) is 0 Å². The molecule has 0 aliphatic carbocycles. The van der Waals surface area contributed by atoms with Crippen molar-refractivity contribution < 1.29 is 9.47 Å². The van der Waals surface area contributed by atoms with Crippen molar-refractivity contribution in [2.45, 2.75) is 13.5 Å². The zero-order valence-electron chi connectivity index (χ0n) is 13.6. The number of rotatable bonds is 6. The number of aryl methyl sites for hydroxylation is 1. The van der Waals surface area contributed by atoms with Crippen molar-refractivity contribution in [2.75, 3.05) is 19.6 Å². The van der Waals surface area contributed by atoms with Crippen LogP contribution < -0.4 is 10.2 Å². The van der Waals surface area contributed by atoms with Gasteiger partial charge in [0.25, 0.3) is 0 Å². The lowest BCUT2D eigenvalue weighted by Gasteiger charge is -2.09. The van der Waals surface area contributed by atoms with E-state index in [1.807, 2.05) is 31.2 Å². The first-order chi connectivity index (χ1) is 11.6. The Balaban J connectivity index is 2.22.